The van der Waals surface area contributed by atoms with Gasteiger partial charge in [-0.15, -0.1) is 11.3 Å². The van der Waals surface area contributed by atoms with Crippen LogP contribution in [0.1, 0.15) is 17.3 Å². The zero-order valence-corrected chi connectivity index (χ0v) is 25.4. The van der Waals surface area contributed by atoms with Crippen molar-refractivity contribution in [3.05, 3.63) is 108 Å². The fourth-order valence-electron chi connectivity index (χ4n) is 5.51. The van der Waals surface area contributed by atoms with Gasteiger partial charge in [-0.25, -0.2) is 15.0 Å². The van der Waals surface area contributed by atoms with Crippen molar-refractivity contribution in [2.75, 3.05) is 41.7 Å². The summed E-state index contributed by atoms with van der Waals surface area (Å²) in [6, 6.07) is 26.9. The Bertz CT molecular complexity index is 2000. The Labute approximate surface area is 264 Å². The smallest absolute Gasteiger partial charge is 0.255 e. The number of thiazole rings is 1. The summed E-state index contributed by atoms with van der Waals surface area (Å²) in [5, 5.41) is 8.37. The van der Waals surface area contributed by atoms with E-state index in [1.165, 1.54) is 0 Å². The van der Waals surface area contributed by atoms with Crippen molar-refractivity contribution < 1.29 is 9.59 Å². The van der Waals surface area contributed by atoms with E-state index in [4.69, 9.17) is 9.97 Å². The number of piperazine rings is 1. The minimum atomic E-state index is -0.173. The zero-order valence-electron chi connectivity index (χ0n) is 24.6. The van der Waals surface area contributed by atoms with Crippen molar-refractivity contribution in [3.8, 4) is 22.6 Å². The van der Waals surface area contributed by atoms with E-state index in [9.17, 15) is 9.59 Å². The fraction of sp³-hybridized carbons (Fsp3) is 0.147. The first-order valence-corrected chi connectivity index (χ1v) is 15.5. The summed E-state index contributed by atoms with van der Waals surface area (Å²) < 4.78 is 2.03. The van der Waals surface area contributed by atoms with Gasteiger partial charge >= 0.3 is 0 Å². The molecule has 1 fully saturated rings. The molecule has 1 aliphatic rings. The van der Waals surface area contributed by atoms with Crippen LogP contribution >= 0.6 is 11.3 Å². The molecule has 6 aromatic rings. The van der Waals surface area contributed by atoms with Gasteiger partial charge in [0.15, 0.2) is 4.96 Å². The Morgan fingerprint density at radius 2 is 1.64 bits per heavy atom. The molecule has 0 bridgehead atoms. The van der Waals surface area contributed by atoms with Gasteiger partial charge in [0.1, 0.15) is 5.69 Å². The largest absolute Gasteiger partial charge is 0.368 e. The number of amides is 2. The minimum Gasteiger partial charge on any atom is -0.368 e. The predicted molar refractivity (Wildman–Crippen MR) is 178 cm³/mol. The molecule has 0 radical (unpaired) electrons. The molecular weight excluding hydrogens is 584 g/mol. The molecule has 11 heteroatoms. The lowest BCUT2D eigenvalue weighted by Gasteiger charge is -2.35. The van der Waals surface area contributed by atoms with Crippen LogP contribution in [0.4, 0.5) is 23.0 Å². The lowest BCUT2D eigenvalue weighted by atomic mass is 10.1. The highest BCUT2D eigenvalue weighted by molar-refractivity contribution is 7.15. The SMILES string of the molecule is CC(=O)N1CCN(c2cccc(Nc3nccc(-c4c(-c5cccc(NC(=O)c6ccccc6)c5)nc5sccn45)n3)c2)CC1. The molecule has 0 spiro atoms. The van der Waals surface area contributed by atoms with Crippen molar-refractivity contribution in [2.45, 2.75) is 6.92 Å². The summed E-state index contributed by atoms with van der Waals surface area (Å²) in [5.41, 5.74) is 6.38. The van der Waals surface area contributed by atoms with E-state index in [2.05, 4.69) is 32.7 Å². The van der Waals surface area contributed by atoms with Crippen LogP contribution in [0.3, 0.4) is 0 Å². The number of fused-ring (bicyclic) bond motifs is 1. The number of hydrogen-bond donors (Lipinski definition) is 2. The van der Waals surface area contributed by atoms with Crippen molar-refractivity contribution in [1.29, 1.82) is 0 Å². The van der Waals surface area contributed by atoms with E-state index in [1.807, 2.05) is 81.5 Å². The predicted octanol–water partition coefficient (Wildman–Crippen LogP) is 6.18. The Balaban J connectivity index is 1.16. The second kappa shape index (κ2) is 12.2. The Hall–Kier alpha value is -5.55. The molecule has 2 amide bonds. The highest BCUT2D eigenvalue weighted by Crippen LogP contribution is 2.35. The summed E-state index contributed by atoms with van der Waals surface area (Å²) in [6.07, 6.45) is 3.72. The average Bonchev–Trinajstić information content (AvgIpc) is 3.68. The topological polar surface area (TPSA) is 108 Å². The van der Waals surface area contributed by atoms with Crippen molar-refractivity contribution in [3.63, 3.8) is 0 Å². The molecule has 1 aliphatic heterocycles. The monoisotopic (exact) mass is 614 g/mol. The molecule has 0 atom stereocenters. The normalized spacial score (nSPS) is 13.2. The second-order valence-electron chi connectivity index (χ2n) is 10.7. The zero-order chi connectivity index (χ0) is 30.8. The first-order chi connectivity index (χ1) is 22.0. The molecule has 4 heterocycles. The quantitative estimate of drug-likeness (QED) is 0.221. The number of anilines is 4. The number of nitrogens with one attached hydrogen (secondary N) is 2. The number of hydrogen-bond acceptors (Lipinski definition) is 8. The molecule has 0 aliphatic carbocycles. The van der Waals surface area contributed by atoms with Crippen LogP contribution in [0.15, 0.2) is 103 Å². The van der Waals surface area contributed by atoms with Gasteiger partial charge in [0.2, 0.25) is 11.9 Å². The first-order valence-electron chi connectivity index (χ1n) is 14.7. The standard InChI is InChI=1S/C34H30N8O2S/c1-23(43)40-15-17-41(18-16-40)28-12-6-11-27(22-28)37-33-35-14-13-29(38-33)31-30(39-34-42(31)19-20-45-34)25-9-5-10-26(21-25)36-32(44)24-7-3-2-4-8-24/h2-14,19-22H,15-18H2,1H3,(H,36,44)(H,35,37,38). The number of nitrogens with zero attached hydrogens (tertiary/aromatic N) is 6. The molecule has 0 saturated carbocycles. The lowest BCUT2D eigenvalue weighted by molar-refractivity contribution is -0.129. The van der Waals surface area contributed by atoms with Gasteiger partial charge in [0.05, 0.1) is 11.4 Å². The molecule has 0 unspecified atom stereocenters. The highest BCUT2D eigenvalue weighted by Gasteiger charge is 2.21. The van der Waals surface area contributed by atoms with E-state index >= 15 is 0 Å². The van der Waals surface area contributed by atoms with E-state index < -0.39 is 0 Å². The minimum absolute atomic E-state index is 0.116. The van der Waals surface area contributed by atoms with Gasteiger partial charge < -0.3 is 20.4 Å². The third-order valence-corrected chi connectivity index (χ3v) is 8.54. The van der Waals surface area contributed by atoms with Gasteiger partial charge in [-0.2, -0.15) is 0 Å². The maximum absolute atomic E-state index is 12.8. The number of aromatic nitrogens is 4. The van der Waals surface area contributed by atoms with Gasteiger partial charge in [-0.3, -0.25) is 14.0 Å². The van der Waals surface area contributed by atoms with Crippen LogP contribution in [0.2, 0.25) is 0 Å². The number of carbonyl (C=O) groups is 2. The van der Waals surface area contributed by atoms with E-state index in [1.54, 1.807) is 36.6 Å². The van der Waals surface area contributed by atoms with E-state index in [-0.39, 0.29) is 11.8 Å². The molecule has 45 heavy (non-hydrogen) atoms. The molecule has 224 valence electrons. The summed E-state index contributed by atoms with van der Waals surface area (Å²) in [6.45, 7) is 4.62. The van der Waals surface area contributed by atoms with Crippen LogP contribution < -0.4 is 15.5 Å². The Morgan fingerprint density at radius 3 is 2.47 bits per heavy atom. The summed E-state index contributed by atoms with van der Waals surface area (Å²) >= 11 is 1.54. The Kier molecular flexibility index (Phi) is 7.66. The molecule has 3 aromatic heterocycles. The molecular formula is C34H30N8O2S. The Morgan fingerprint density at radius 1 is 0.844 bits per heavy atom. The lowest BCUT2D eigenvalue weighted by Crippen LogP contribution is -2.48. The van der Waals surface area contributed by atoms with Crippen LogP contribution in [0, 0.1) is 0 Å². The fourth-order valence-corrected chi connectivity index (χ4v) is 6.22. The van der Waals surface area contributed by atoms with Gasteiger partial charge in [0, 0.05) is 79.1 Å². The van der Waals surface area contributed by atoms with E-state index in [0.29, 0.717) is 36.0 Å². The van der Waals surface area contributed by atoms with Crippen LogP contribution in [-0.4, -0.2) is 62.2 Å². The summed E-state index contributed by atoms with van der Waals surface area (Å²) in [7, 11) is 0. The second-order valence-corrected chi connectivity index (χ2v) is 11.6. The first kappa shape index (κ1) is 28.2. The molecule has 10 nitrogen and oxygen atoms in total. The molecule has 2 N–H and O–H groups in total. The maximum atomic E-state index is 12.8. The number of imidazole rings is 1. The van der Waals surface area contributed by atoms with Crippen molar-refractivity contribution >= 4 is 51.1 Å². The number of benzene rings is 3. The maximum Gasteiger partial charge on any atom is 0.255 e. The summed E-state index contributed by atoms with van der Waals surface area (Å²) in [4.78, 5) is 43.9. The average molecular weight is 615 g/mol. The third-order valence-electron chi connectivity index (χ3n) is 7.78. The molecule has 7 rings (SSSR count). The highest BCUT2D eigenvalue weighted by atomic mass is 32.1. The van der Waals surface area contributed by atoms with Gasteiger partial charge in [-0.05, 0) is 48.5 Å². The van der Waals surface area contributed by atoms with Gasteiger partial charge in [0.25, 0.3) is 5.91 Å². The summed E-state index contributed by atoms with van der Waals surface area (Å²) in [5.74, 6) is 0.407. The van der Waals surface area contributed by atoms with E-state index in [0.717, 1.165) is 46.4 Å². The van der Waals surface area contributed by atoms with Crippen LogP contribution in [-0.2, 0) is 4.79 Å². The molecule has 3 aromatic carbocycles. The van der Waals surface area contributed by atoms with Crippen LogP contribution in [0.5, 0.6) is 0 Å². The number of rotatable bonds is 7. The molecule has 1 saturated heterocycles. The number of carbonyl (C=O) groups excluding carboxylic acids is 2. The van der Waals surface area contributed by atoms with Gasteiger partial charge in [-0.1, -0.05) is 36.4 Å². The van der Waals surface area contributed by atoms with Crippen LogP contribution in [0.25, 0.3) is 27.6 Å². The van der Waals surface area contributed by atoms with Crippen molar-refractivity contribution in [2.24, 2.45) is 0 Å². The third kappa shape index (κ3) is 5.98. The van der Waals surface area contributed by atoms with Crippen molar-refractivity contribution in [1.82, 2.24) is 24.3 Å².